The molecule has 11 heavy (non-hydrogen) atoms. The Morgan fingerprint density at radius 1 is 1.18 bits per heavy atom. The van der Waals surface area contributed by atoms with Crippen molar-refractivity contribution in [3.63, 3.8) is 0 Å². The molecule has 1 N–H and O–H groups in total. The summed E-state index contributed by atoms with van der Waals surface area (Å²) in [5.41, 5.74) is 0. The van der Waals surface area contributed by atoms with Crippen LogP contribution in [0.2, 0.25) is 0 Å². The molecule has 0 bridgehead atoms. The molecule has 1 saturated heterocycles. The first-order valence-corrected chi connectivity index (χ1v) is 4.66. The third-order valence-corrected chi connectivity index (χ3v) is 1.30. The molecule has 0 aromatic heterocycles. The van der Waals surface area contributed by atoms with Crippen molar-refractivity contribution >= 4 is 0 Å². The Kier molecular flexibility index (Phi) is 12.1. The maximum absolute atomic E-state index is 12.1. The van der Waals surface area contributed by atoms with Crippen LogP contribution in [0.1, 0.15) is 41.0 Å². The van der Waals surface area contributed by atoms with Gasteiger partial charge in [-0.15, -0.1) is 0 Å². The highest BCUT2D eigenvalue weighted by Crippen LogP contribution is 2.07. The second-order valence-electron chi connectivity index (χ2n) is 2.14. The summed E-state index contributed by atoms with van der Waals surface area (Å²) in [7, 11) is 0. The van der Waals surface area contributed by atoms with Crippen molar-refractivity contribution in [3.05, 3.63) is 0 Å². The van der Waals surface area contributed by atoms with Gasteiger partial charge in [-0.3, -0.25) is 0 Å². The van der Waals surface area contributed by atoms with Crippen LogP contribution in [0, 0.1) is 0 Å². The van der Waals surface area contributed by atoms with E-state index < -0.39 is 6.17 Å². The fourth-order valence-electron chi connectivity index (χ4n) is 0.879. The maximum atomic E-state index is 12.1. The highest BCUT2D eigenvalue weighted by atomic mass is 19.1. The molecule has 1 fully saturated rings. The van der Waals surface area contributed by atoms with Crippen LogP contribution in [0.5, 0.6) is 0 Å². The molecule has 2 atom stereocenters. The number of alkyl halides is 1. The summed E-state index contributed by atoms with van der Waals surface area (Å²) >= 11 is 0. The quantitative estimate of drug-likeness (QED) is 0.579. The molecule has 1 aliphatic heterocycles. The third kappa shape index (κ3) is 7.79. The molecule has 70 valence electrons. The van der Waals surface area contributed by atoms with Crippen LogP contribution >= 0.6 is 0 Å². The van der Waals surface area contributed by atoms with Crippen LogP contribution in [0.25, 0.3) is 0 Å². The van der Waals surface area contributed by atoms with Gasteiger partial charge in [0, 0.05) is 12.6 Å². The SMILES string of the molecule is CC.CC.CC1CC(F)CN1. The Hall–Kier alpha value is -0.110. The first kappa shape index (κ1) is 13.5. The number of hydrogen-bond donors (Lipinski definition) is 1. The van der Waals surface area contributed by atoms with Gasteiger partial charge in [0.1, 0.15) is 6.17 Å². The summed E-state index contributed by atoms with van der Waals surface area (Å²) in [6.45, 7) is 10.6. The van der Waals surface area contributed by atoms with Crippen molar-refractivity contribution in [1.82, 2.24) is 5.32 Å². The van der Waals surface area contributed by atoms with Gasteiger partial charge in [0.15, 0.2) is 0 Å². The van der Waals surface area contributed by atoms with Gasteiger partial charge in [0.2, 0.25) is 0 Å². The zero-order valence-corrected chi connectivity index (χ0v) is 8.45. The number of hydrogen-bond acceptors (Lipinski definition) is 1. The van der Waals surface area contributed by atoms with E-state index >= 15 is 0 Å². The van der Waals surface area contributed by atoms with Crippen LogP contribution in [0.4, 0.5) is 4.39 Å². The summed E-state index contributed by atoms with van der Waals surface area (Å²) in [5.74, 6) is 0. The lowest BCUT2D eigenvalue weighted by atomic mass is 10.2. The van der Waals surface area contributed by atoms with E-state index in [0.717, 1.165) is 0 Å². The van der Waals surface area contributed by atoms with Crippen molar-refractivity contribution in [2.75, 3.05) is 6.54 Å². The van der Waals surface area contributed by atoms with Gasteiger partial charge in [-0.1, -0.05) is 27.7 Å². The van der Waals surface area contributed by atoms with Crippen LogP contribution in [0.15, 0.2) is 0 Å². The Morgan fingerprint density at radius 2 is 1.64 bits per heavy atom. The number of halogens is 1. The van der Waals surface area contributed by atoms with Crippen molar-refractivity contribution in [3.8, 4) is 0 Å². The smallest absolute Gasteiger partial charge is 0.114 e. The molecule has 1 aliphatic rings. The Bertz CT molecular complexity index is 58.6. The van der Waals surface area contributed by atoms with E-state index in [0.29, 0.717) is 19.0 Å². The van der Waals surface area contributed by atoms with Crippen molar-refractivity contribution in [2.24, 2.45) is 0 Å². The van der Waals surface area contributed by atoms with E-state index in [-0.39, 0.29) is 0 Å². The fourth-order valence-corrected chi connectivity index (χ4v) is 0.879. The van der Waals surface area contributed by atoms with Crippen molar-refractivity contribution in [2.45, 2.75) is 53.3 Å². The largest absolute Gasteiger partial charge is 0.311 e. The molecule has 0 amide bonds. The molecule has 0 aromatic rings. The summed E-state index contributed by atoms with van der Waals surface area (Å²) < 4.78 is 12.1. The molecule has 0 saturated carbocycles. The van der Waals surface area contributed by atoms with Gasteiger partial charge in [-0.2, -0.15) is 0 Å². The highest BCUT2D eigenvalue weighted by molar-refractivity contribution is 4.76. The second-order valence-corrected chi connectivity index (χ2v) is 2.14. The van der Waals surface area contributed by atoms with Gasteiger partial charge < -0.3 is 5.32 Å². The summed E-state index contributed by atoms with van der Waals surface area (Å²) in [5, 5.41) is 2.99. The van der Waals surface area contributed by atoms with Crippen LogP contribution in [-0.4, -0.2) is 18.8 Å². The van der Waals surface area contributed by atoms with Gasteiger partial charge in [0.05, 0.1) is 0 Å². The van der Waals surface area contributed by atoms with Crippen LogP contribution in [-0.2, 0) is 0 Å². The first-order valence-electron chi connectivity index (χ1n) is 4.66. The van der Waals surface area contributed by atoms with E-state index in [9.17, 15) is 4.39 Å². The second kappa shape index (κ2) is 9.89. The lowest BCUT2D eigenvalue weighted by molar-refractivity contribution is 0.357. The molecule has 2 unspecified atom stereocenters. The molecule has 1 nitrogen and oxygen atoms in total. The minimum Gasteiger partial charge on any atom is -0.311 e. The lowest BCUT2D eigenvalue weighted by Crippen LogP contribution is -2.16. The van der Waals surface area contributed by atoms with Gasteiger partial charge in [0.25, 0.3) is 0 Å². The topological polar surface area (TPSA) is 12.0 Å². The Morgan fingerprint density at radius 3 is 1.73 bits per heavy atom. The van der Waals surface area contributed by atoms with E-state index in [1.165, 1.54) is 0 Å². The molecule has 0 aromatic carbocycles. The van der Waals surface area contributed by atoms with Gasteiger partial charge in [-0.05, 0) is 13.3 Å². The van der Waals surface area contributed by atoms with Crippen molar-refractivity contribution < 1.29 is 4.39 Å². The summed E-state index contributed by atoms with van der Waals surface area (Å²) in [6.07, 6.45) is 0.106. The molecule has 0 radical (unpaired) electrons. The lowest BCUT2D eigenvalue weighted by Gasteiger charge is -1.94. The molecular weight excluding hydrogens is 141 g/mol. The zero-order chi connectivity index (χ0) is 9.28. The highest BCUT2D eigenvalue weighted by Gasteiger charge is 2.18. The molecule has 2 heteroatoms. The number of nitrogens with one attached hydrogen (secondary N) is 1. The third-order valence-electron chi connectivity index (χ3n) is 1.30. The fraction of sp³-hybridized carbons (Fsp3) is 1.00. The van der Waals surface area contributed by atoms with Crippen LogP contribution < -0.4 is 5.32 Å². The predicted octanol–water partition coefficient (Wildman–Crippen LogP) is 2.76. The molecular formula is C9H22FN. The van der Waals surface area contributed by atoms with Crippen molar-refractivity contribution in [1.29, 1.82) is 0 Å². The summed E-state index contributed by atoms with van der Waals surface area (Å²) in [4.78, 5) is 0. The molecule has 0 spiro atoms. The normalized spacial score (nSPS) is 27.8. The molecule has 0 aliphatic carbocycles. The standard InChI is InChI=1S/C5H10FN.2C2H6/c1-4-2-5(6)3-7-4;2*1-2/h4-5,7H,2-3H2,1H3;2*1-2H3. The minimum absolute atomic E-state index is 0.398. The predicted molar refractivity (Wildman–Crippen MR) is 49.7 cm³/mol. The van der Waals surface area contributed by atoms with Crippen LogP contribution in [0.3, 0.4) is 0 Å². The maximum Gasteiger partial charge on any atom is 0.114 e. The van der Waals surface area contributed by atoms with E-state index in [1.54, 1.807) is 0 Å². The number of rotatable bonds is 0. The molecule has 1 heterocycles. The van der Waals surface area contributed by atoms with E-state index in [1.807, 2.05) is 34.6 Å². The van der Waals surface area contributed by atoms with E-state index in [4.69, 9.17) is 0 Å². The molecule has 1 rings (SSSR count). The van der Waals surface area contributed by atoms with Gasteiger partial charge >= 0.3 is 0 Å². The Labute approximate surface area is 70.4 Å². The minimum atomic E-state index is -0.588. The Balaban J connectivity index is 0. The average molecular weight is 163 g/mol. The summed E-state index contributed by atoms with van der Waals surface area (Å²) in [6, 6.07) is 0.398. The van der Waals surface area contributed by atoms with Gasteiger partial charge in [-0.25, -0.2) is 4.39 Å². The zero-order valence-electron chi connectivity index (χ0n) is 8.45. The first-order chi connectivity index (χ1) is 5.29. The average Bonchev–Trinajstić information content (AvgIpc) is 2.43. The van der Waals surface area contributed by atoms with E-state index in [2.05, 4.69) is 5.32 Å². The monoisotopic (exact) mass is 163 g/mol.